The van der Waals surface area contributed by atoms with Gasteiger partial charge in [0.1, 0.15) is 5.82 Å². The van der Waals surface area contributed by atoms with Gasteiger partial charge in [0.2, 0.25) is 10.0 Å². The lowest BCUT2D eigenvalue weighted by molar-refractivity contribution is -0.384. The van der Waals surface area contributed by atoms with Crippen LogP contribution in [-0.4, -0.2) is 56.9 Å². The lowest BCUT2D eigenvalue weighted by Gasteiger charge is -2.54. The zero-order valence-electron chi connectivity index (χ0n) is 18.2. The summed E-state index contributed by atoms with van der Waals surface area (Å²) in [5, 5.41) is 10.9. The van der Waals surface area contributed by atoms with E-state index in [4.69, 9.17) is 9.47 Å². The molecule has 1 aliphatic carbocycles. The standard InChI is InChI=1S/C22H21FN2O8S/c1-32-20(26)22(21(27)33-2)18-12-24(11-17(18)19(22)13-3-5-14(23)6-4-13)34(30,31)16-9-7-15(8-10-16)25(28)29/h3-10,17-19H,11-12H2,1-2H3/t17-,18+,19+/m0/s1. The molecular formula is C22H21FN2O8S. The second-order valence-corrected chi connectivity index (χ2v) is 10.2. The number of carbonyl (C=O) groups excluding carboxylic acids is 2. The van der Waals surface area contributed by atoms with Crippen molar-refractivity contribution in [1.29, 1.82) is 0 Å². The van der Waals surface area contributed by atoms with E-state index in [0.29, 0.717) is 5.56 Å². The average Bonchev–Trinajstić information content (AvgIpc) is 3.21. The number of halogens is 1. The summed E-state index contributed by atoms with van der Waals surface area (Å²) < 4.78 is 51.2. The Morgan fingerprint density at radius 2 is 1.59 bits per heavy atom. The fraction of sp³-hybridized carbons (Fsp3) is 0.364. The number of non-ortho nitro benzene ring substituents is 1. The molecule has 1 aliphatic heterocycles. The zero-order chi connectivity index (χ0) is 24.8. The van der Waals surface area contributed by atoms with Gasteiger partial charge in [-0.05, 0) is 35.7 Å². The summed E-state index contributed by atoms with van der Waals surface area (Å²) in [5.41, 5.74) is -1.58. The van der Waals surface area contributed by atoms with Crippen LogP contribution in [0.4, 0.5) is 10.1 Å². The molecule has 2 aromatic carbocycles. The lowest BCUT2D eigenvalue weighted by atomic mass is 9.46. The number of hydrogen-bond acceptors (Lipinski definition) is 8. The van der Waals surface area contributed by atoms with Crippen LogP contribution in [0.25, 0.3) is 0 Å². The highest BCUT2D eigenvalue weighted by molar-refractivity contribution is 7.89. The second kappa shape index (κ2) is 8.44. The number of sulfonamides is 1. The molecule has 0 N–H and O–H groups in total. The maximum atomic E-state index is 13.6. The van der Waals surface area contributed by atoms with Crippen molar-refractivity contribution in [3.63, 3.8) is 0 Å². The first-order valence-electron chi connectivity index (χ1n) is 10.3. The average molecular weight is 492 g/mol. The van der Waals surface area contributed by atoms with Gasteiger partial charge in [-0.3, -0.25) is 19.7 Å². The smallest absolute Gasteiger partial charge is 0.324 e. The van der Waals surface area contributed by atoms with Crippen LogP contribution in [0.2, 0.25) is 0 Å². The van der Waals surface area contributed by atoms with E-state index in [2.05, 4.69) is 0 Å². The van der Waals surface area contributed by atoms with Crippen LogP contribution in [0, 0.1) is 33.2 Å². The highest BCUT2D eigenvalue weighted by Gasteiger charge is 2.75. The number of nitro groups is 1. The molecule has 10 nitrogen and oxygen atoms in total. The molecule has 0 spiro atoms. The van der Waals surface area contributed by atoms with Crippen molar-refractivity contribution < 1.29 is 36.8 Å². The van der Waals surface area contributed by atoms with Crippen LogP contribution in [0.5, 0.6) is 0 Å². The maximum absolute atomic E-state index is 13.6. The normalized spacial score (nSPS) is 23.4. The Balaban J connectivity index is 1.75. The Labute approximate surface area is 194 Å². The van der Waals surface area contributed by atoms with Crippen LogP contribution in [0.3, 0.4) is 0 Å². The fourth-order valence-electron chi connectivity index (χ4n) is 5.30. The van der Waals surface area contributed by atoms with E-state index >= 15 is 0 Å². The Bertz CT molecular complexity index is 1230. The van der Waals surface area contributed by atoms with Gasteiger partial charge in [-0.25, -0.2) is 12.8 Å². The summed E-state index contributed by atoms with van der Waals surface area (Å²) >= 11 is 0. The Morgan fingerprint density at radius 1 is 1.03 bits per heavy atom. The minimum atomic E-state index is -4.09. The molecule has 0 aromatic heterocycles. The second-order valence-electron chi connectivity index (χ2n) is 8.22. The van der Waals surface area contributed by atoms with Gasteiger partial charge in [-0.2, -0.15) is 4.31 Å². The first-order chi connectivity index (χ1) is 16.1. The molecule has 3 atom stereocenters. The molecule has 2 aromatic rings. The first kappa shape index (κ1) is 23.8. The maximum Gasteiger partial charge on any atom is 0.324 e. The molecule has 1 saturated heterocycles. The lowest BCUT2D eigenvalue weighted by Crippen LogP contribution is -2.64. The number of nitrogens with zero attached hydrogens (tertiary/aromatic N) is 2. The van der Waals surface area contributed by atoms with Crippen LogP contribution < -0.4 is 0 Å². The quantitative estimate of drug-likeness (QED) is 0.259. The summed E-state index contributed by atoms with van der Waals surface area (Å²) in [6.45, 7) is -0.173. The molecule has 2 fully saturated rings. The Kier molecular flexibility index (Phi) is 5.90. The number of rotatable bonds is 6. The van der Waals surface area contributed by atoms with E-state index in [1.54, 1.807) is 0 Å². The minimum absolute atomic E-state index is 0.0121. The van der Waals surface area contributed by atoms with Gasteiger partial charge in [0.15, 0.2) is 5.41 Å². The van der Waals surface area contributed by atoms with Crippen molar-refractivity contribution in [1.82, 2.24) is 4.31 Å². The molecule has 0 amide bonds. The Hall–Kier alpha value is -3.38. The number of hydrogen-bond donors (Lipinski definition) is 0. The molecule has 0 unspecified atom stereocenters. The van der Waals surface area contributed by atoms with E-state index in [1.807, 2.05) is 0 Å². The first-order valence-corrected chi connectivity index (χ1v) is 11.7. The number of esters is 2. The molecule has 1 heterocycles. The van der Waals surface area contributed by atoms with Crippen LogP contribution in [-0.2, 0) is 29.1 Å². The molecule has 1 saturated carbocycles. The van der Waals surface area contributed by atoms with Gasteiger partial charge in [-0.15, -0.1) is 0 Å². The zero-order valence-corrected chi connectivity index (χ0v) is 19.0. The van der Waals surface area contributed by atoms with Gasteiger partial charge in [0.25, 0.3) is 5.69 Å². The van der Waals surface area contributed by atoms with Gasteiger partial charge < -0.3 is 9.47 Å². The molecule has 12 heteroatoms. The Morgan fingerprint density at radius 3 is 2.09 bits per heavy atom. The molecule has 4 rings (SSSR count). The SMILES string of the molecule is COC(=O)C1(C(=O)OC)[C@@H]2CN(S(=O)(=O)c3ccc([N+](=O)[O-])cc3)C[C@@H]2[C@H]1c1ccc(F)cc1. The minimum Gasteiger partial charge on any atom is -0.468 e. The number of methoxy groups -OCH3 is 2. The third kappa shape index (κ3) is 3.36. The summed E-state index contributed by atoms with van der Waals surface area (Å²) in [6.07, 6.45) is 0. The topological polar surface area (TPSA) is 133 Å². The van der Waals surface area contributed by atoms with Gasteiger partial charge in [-0.1, -0.05) is 12.1 Å². The van der Waals surface area contributed by atoms with Crippen LogP contribution in [0.1, 0.15) is 11.5 Å². The van der Waals surface area contributed by atoms with Crippen molar-refractivity contribution in [3.05, 3.63) is 70.0 Å². The molecular weight excluding hydrogens is 471 g/mol. The summed E-state index contributed by atoms with van der Waals surface area (Å²) in [5.74, 6) is -4.20. The van der Waals surface area contributed by atoms with Crippen molar-refractivity contribution >= 4 is 27.6 Å². The highest BCUT2D eigenvalue weighted by Crippen LogP contribution is 2.65. The summed E-state index contributed by atoms with van der Waals surface area (Å²) in [7, 11) is -1.83. The fourth-order valence-corrected chi connectivity index (χ4v) is 6.81. The third-order valence-corrected chi connectivity index (χ3v) is 8.64. The summed E-state index contributed by atoms with van der Waals surface area (Å²) in [4.78, 5) is 36.1. The number of nitro benzene ring substituents is 1. The van der Waals surface area contributed by atoms with Gasteiger partial charge in [0.05, 0.1) is 24.0 Å². The van der Waals surface area contributed by atoms with Gasteiger partial charge >= 0.3 is 11.9 Å². The monoisotopic (exact) mass is 492 g/mol. The van der Waals surface area contributed by atoms with Crippen molar-refractivity contribution in [2.45, 2.75) is 10.8 Å². The van der Waals surface area contributed by atoms with E-state index in [-0.39, 0.29) is 23.7 Å². The predicted molar refractivity (Wildman–Crippen MR) is 114 cm³/mol. The van der Waals surface area contributed by atoms with E-state index in [9.17, 15) is 32.5 Å². The largest absolute Gasteiger partial charge is 0.468 e. The summed E-state index contributed by atoms with van der Waals surface area (Å²) in [6, 6.07) is 9.75. The van der Waals surface area contributed by atoms with Crippen LogP contribution >= 0.6 is 0 Å². The molecule has 34 heavy (non-hydrogen) atoms. The van der Waals surface area contributed by atoms with Crippen LogP contribution in [0.15, 0.2) is 53.4 Å². The van der Waals surface area contributed by atoms with E-state index in [0.717, 1.165) is 42.8 Å². The third-order valence-electron chi connectivity index (χ3n) is 6.80. The number of ether oxygens (including phenoxy) is 2. The van der Waals surface area contributed by atoms with Gasteiger partial charge in [0, 0.05) is 37.1 Å². The highest BCUT2D eigenvalue weighted by atomic mass is 32.2. The number of carbonyl (C=O) groups is 2. The van der Waals surface area contributed by atoms with Crippen molar-refractivity contribution in [2.24, 2.45) is 17.3 Å². The molecule has 180 valence electrons. The molecule has 0 bridgehead atoms. The van der Waals surface area contributed by atoms with Crippen molar-refractivity contribution in [3.8, 4) is 0 Å². The molecule has 0 radical (unpaired) electrons. The number of fused-ring (bicyclic) bond motifs is 1. The number of benzene rings is 2. The molecule has 2 aliphatic rings. The predicted octanol–water partition coefficient (Wildman–Crippen LogP) is 2.10. The van der Waals surface area contributed by atoms with E-state index in [1.165, 1.54) is 24.3 Å². The van der Waals surface area contributed by atoms with Crippen molar-refractivity contribution in [2.75, 3.05) is 27.3 Å². The van der Waals surface area contributed by atoms with E-state index < -0.39 is 55.9 Å².